The summed E-state index contributed by atoms with van der Waals surface area (Å²) >= 11 is 3.42. The van der Waals surface area contributed by atoms with Gasteiger partial charge in [0.1, 0.15) is 5.82 Å². The van der Waals surface area contributed by atoms with Crippen molar-refractivity contribution in [3.8, 4) is 0 Å². The van der Waals surface area contributed by atoms with Crippen molar-refractivity contribution in [2.45, 2.75) is 12.3 Å². The molecule has 0 spiro atoms. The fourth-order valence-electron chi connectivity index (χ4n) is 1.69. The topological polar surface area (TPSA) is 26.0 Å². The summed E-state index contributed by atoms with van der Waals surface area (Å²) in [5.41, 5.74) is 6.61. The van der Waals surface area contributed by atoms with Gasteiger partial charge in [0.2, 0.25) is 0 Å². The van der Waals surface area contributed by atoms with Gasteiger partial charge in [-0.3, -0.25) is 0 Å². The molecule has 2 unspecified atom stereocenters. The molecule has 0 aromatic heterocycles. The Morgan fingerprint density at radius 1 is 1.54 bits per heavy atom. The Hall–Kier alpha value is -0.410. The Morgan fingerprint density at radius 2 is 2.31 bits per heavy atom. The molecule has 0 amide bonds. The van der Waals surface area contributed by atoms with Crippen molar-refractivity contribution in [2.24, 2.45) is 11.7 Å². The second-order valence-electron chi connectivity index (χ2n) is 3.50. The van der Waals surface area contributed by atoms with Crippen LogP contribution in [-0.4, -0.2) is 6.54 Å². The Morgan fingerprint density at radius 3 is 2.92 bits per heavy atom. The minimum atomic E-state index is -0.166. The van der Waals surface area contributed by atoms with Crippen LogP contribution >= 0.6 is 15.9 Å². The van der Waals surface area contributed by atoms with Crippen LogP contribution in [0.3, 0.4) is 0 Å². The van der Waals surface area contributed by atoms with Gasteiger partial charge in [0.25, 0.3) is 0 Å². The lowest BCUT2D eigenvalue weighted by molar-refractivity contribution is 0.624. The second-order valence-corrected chi connectivity index (χ2v) is 4.36. The van der Waals surface area contributed by atoms with Crippen LogP contribution in [0.4, 0.5) is 4.39 Å². The van der Waals surface area contributed by atoms with Gasteiger partial charge < -0.3 is 5.73 Å². The minimum Gasteiger partial charge on any atom is -0.330 e. The molecule has 0 heterocycles. The van der Waals surface area contributed by atoms with Crippen molar-refractivity contribution in [3.05, 3.63) is 34.1 Å². The van der Waals surface area contributed by atoms with Gasteiger partial charge >= 0.3 is 0 Å². The molecule has 1 aromatic rings. The standard InChI is InChI=1S/C10H11BrFN/c11-10-2-1-7(12)4-9(10)8-3-6(8)5-13/h1-2,4,6,8H,3,5,13H2. The summed E-state index contributed by atoms with van der Waals surface area (Å²) in [4.78, 5) is 0. The number of rotatable bonds is 2. The molecule has 0 radical (unpaired) electrons. The van der Waals surface area contributed by atoms with Crippen molar-refractivity contribution >= 4 is 15.9 Å². The normalized spacial score (nSPS) is 26.1. The molecule has 1 aliphatic rings. The maximum absolute atomic E-state index is 12.9. The van der Waals surface area contributed by atoms with Gasteiger partial charge in [-0.05, 0) is 48.6 Å². The molecular weight excluding hydrogens is 233 g/mol. The number of benzene rings is 1. The van der Waals surface area contributed by atoms with Gasteiger partial charge in [-0.2, -0.15) is 0 Å². The van der Waals surface area contributed by atoms with E-state index in [-0.39, 0.29) is 5.82 Å². The quantitative estimate of drug-likeness (QED) is 0.850. The van der Waals surface area contributed by atoms with Gasteiger partial charge in [-0.1, -0.05) is 15.9 Å². The molecule has 1 aliphatic carbocycles. The third kappa shape index (κ3) is 1.76. The van der Waals surface area contributed by atoms with E-state index in [1.165, 1.54) is 6.07 Å². The van der Waals surface area contributed by atoms with Gasteiger partial charge in [0.15, 0.2) is 0 Å². The van der Waals surface area contributed by atoms with Crippen LogP contribution in [0, 0.1) is 11.7 Å². The molecule has 0 saturated heterocycles. The van der Waals surface area contributed by atoms with Crippen LogP contribution in [-0.2, 0) is 0 Å². The van der Waals surface area contributed by atoms with Crippen molar-refractivity contribution < 1.29 is 4.39 Å². The average Bonchev–Trinajstić information content (AvgIpc) is 2.88. The molecule has 1 fully saturated rings. The van der Waals surface area contributed by atoms with Crippen LogP contribution in [0.15, 0.2) is 22.7 Å². The maximum Gasteiger partial charge on any atom is 0.123 e. The lowest BCUT2D eigenvalue weighted by Gasteiger charge is -2.02. The second kappa shape index (κ2) is 3.39. The molecule has 0 bridgehead atoms. The van der Waals surface area contributed by atoms with Crippen molar-refractivity contribution in [3.63, 3.8) is 0 Å². The predicted octanol–water partition coefficient (Wildman–Crippen LogP) is 2.65. The fourth-order valence-corrected chi connectivity index (χ4v) is 2.23. The highest BCUT2D eigenvalue weighted by Crippen LogP contribution is 2.48. The Labute approximate surface area is 85.3 Å². The maximum atomic E-state index is 12.9. The fraction of sp³-hybridized carbons (Fsp3) is 0.400. The Balaban J connectivity index is 2.25. The Kier molecular flexibility index (Phi) is 2.39. The largest absolute Gasteiger partial charge is 0.330 e. The third-order valence-electron chi connectivity index (χ3n) is 2.58. The van der Waals surface area contributed by atoms with E-state index in [1.54, 1.807) is 12.1 Å². The number of hydrogen-bond acceptors (Lipinski definition) is 1. The van der Waals surface area contributed by atoms with E-state index in [2.05, 4.69) is 15.9 Å². The SMILES string of the molecule is NCC1CC1c1cc(F)ccc1Br. The first-order valence-electron chi connectivity index (χ1n) is 4.37. The number of hydrogen-bond donors (Lipinski definition) is 1. The van der Waals surface area contributed by atoms with Crippen molar-refractivity contribution in [1.82, 2.24) is 0 Å². The third-order valence-corrected chi connectivity index (χ3v) is 3.31. The van der Waals surface area contributed by atoms with Gasteiger partial charge in [0.05, 0.1) is 0 Å². The highest BCUT2D eigenvalue weighted by molar-refractivity contribution is 9.10. The van der Waals surface area contributed by atoms with E-state index in [4.69, 9.17) is 5.73 Å². The summed E-state index contributed by atoms with van der Waals surface area (Å²) in [6.45, 7) is 0.702. The van der Waals surface area contributed by atoms with E-state index in [0.717, 1.165) is 16.5 Å². The molecular formula is C10H11BrFN. The zero-order valence-electron chi connectivity index (χ0n) is 7.13. The summed E-state index contributed by atoms with van der Waals surface area (Å²) < 4.78 is 13.9. The van der Waals surface area contributed by atoms with Crippen LogP contribution in [0.25, 0.3) is 0 Å². The van der Waals surface area contributed by atoms with Crippen molar-refractivity contribution in [2.75, 3.05) is 6.54 Å². The van der Waals surface area contributed by atoms with E-state index in [1.807, 2.05) is 0 Å². The first kappa shape index (κ1) is 9.16. The number of halogens is 2. The van der Waals surface area contributed by atoms with Gasteiger partial charge in [0, 0.05) is 4.47 Å². The predicted molar refractivity (Wildman–Crippen MR) is 54.0 cm³/mol. The summed E-state index contributed by atoms with van der Waals surface area (Å²) in [6.07, 6.45) is 1.10. The molecule has 1 saturated carbocycles. The van der Waals surface area contributed by atoms with E-state index in [0.29, 0.717) is 18.4 Å². The highest BCUT2D eigenvalue weighted by atomic mass is 79.9. The number of nitrogens with two attached hydrogens (primary N) is 1. The van der Waals surface area contributed by atoms with Crippen molar-refractivity contribution in [1.29, 1.82) is 0 Å². The van der Waals surface area contributed by atoms with Gasteiger partial charge in [-0.15, -0.1) is 0 Å². The molecule has 1 aromatic carbocycles. The monoisotopic (exact) mass is 243 g/mol. The summed E-state index contributed by atoms with van der Waals surface area (Å²) in [7, 11) is 0. The van der Waals surface area contributed by atoms with E-state index in [9.17, 15) is 4.39 Å². The molecule has 13 heavy (non-hydrogen) atoms. The molecule has 70 valence electrons. The molecule has 2 rings (SSSR count). The molecule has 0 aliphatic heterocycles. The van der Waals surface area contributed by atoms with Gasteiger partial charge in [-0.25, -0.2) is 4.39 Å². The van der Waals surface area contributed by atoms with Crippen LogP contribution in [0.2, 0.25) is 0 Å². The molecule has 3 heteroatoms. The first-order valence-corrected chi connectivity index (χ1v) is 5.16. The summed E-state index contributed by atoms with van der Waals surface area (Å²) in [6, 6.07) is 4.83. The molecule has 2 N–H and O–H groups in total. The van der Waals surface area contributed by atoms with E-state index >= 15 is 0 Å². The summed E-state index contributed by atoms with van der Waals surface area (Å²) in [5.74, 6) is 0.856. The minimum absolute atomic E-state index is 0.166. The van der Waals surface area contributed by atoms with Crippen LogP contribution in [0.1, 0.15) is 17.9 Å². The lowest BCUT2D eigenvalue weighted by Crippen LogP contribution is -2.02. The Bertz CT molecular complexity index is 327. The summed E-state index contributed by atoms with van der Waals surface area (Å²) in [5, 5.41) is 0. The highest BCUT2D eigenvalue weighted by Gasteiger charge is 2.38. The smallest absolute Gasteiger partial charge is 0.123 e. The zero-order valence-corrected chi connectivity index (χ0v) is 8.72. The molecule has 1 nitrogen and oxygen atoms in total. The van der Waals surface area contributed by atoms with Crippen LogP contribution in [0.5, 0.6) is 0 Å². The lowest BCUT2D eigenvalue weighted by atomic mass is 10.1. The average molecular weight is 244 g/mol. The first-order chi connectivity index (χ1) is 6.22. The zero-order chi connectivity index (χ0) is 9.42. The molecule has 2 atom stereocenters. The van der Waals surface area contributed by atoms with Crippen LogP contribution < -0.4 is 5.73 Å². The van der Waals surface area contributed by atoms with E-state index < -0.39 is 0 Å².